The molecule has 1 amide bonds. The van der Waals surface area contributed by atoms with Crippen LogP contribution < -0.4 is 16.0 Å². The van der Waals surface area contributed by atoms with Crippen molar-refractivity contribution in [1.29, 1.82) is 0 Å². The predicted octanol–water partition coefficient (Wildman–Crippen LogP) is 1.63. The molecule has 22 heavy (non-hydrogen) atoms. The van der Waals surface area contributed by atoms with Crippen molar-refractivity contribution in [3.63, 3.8) is 0 Å². The number of carbonyl (C=O) groups is 1. The highest BCUT2D eigenvalue weighted by Gasteiger charge is 2.46. The van der Waals surface area contributed by atoms with Crippen LogP contribution in [0.5, 0.6) is 0 Å². The highest BCUT2D eigenvalue weighted by Crippen LogP contribution is 2.25. The van der Waals surface area contributed by atoms with E-state index in [-0.39, 0.29) is 5.70 Å². The van der Waals surface area contributed by atoms with Gasteiger partial charge in [-0.1, -0.05) is 12.1 Å². The molecule has 8 heteroatoms. The number of halogens is 4. The fraction of sp³-hybridized carbons (Fsp3) is 0.214. The summed E-state index contributed by atoms with van der Waals surface area (Å²) in [6, 6.07) is 4.61. The second-order valence-corrected chi connectivity index (χ2v) is 4.91. The highest BCUT2D eigenvalue weighted by molar-refractivity contribution is 5.89. The minimum absolute atomic E-state index is 0.136. The number of carbonyl (C=O) groups excluding carboxylic acids is 1. The lowest BCUT2D eigenvalue weighted by molar-refractivity contribution is -0.170. The number of amides is 1. The number of dihydropyridines is 1. The standard InChI is InChI=1S/C14H11F4N3O/c15-8-3-1-7(2-4-8)9-5-6-10-11(19-9)12(22)21-13(20-10)14(16,17)18/h1-6,11,13,19-20H,(H,21,22). The molecule has 2 aliphatic heterocycles. The fourth-order valence-corrected chi connectivity index (χ4v) is 2.29. The summed E-state index contributed by atoms with van der Waals surface area (Å²) in [6.45, 7) is 0. The molecule has 3 N–H and O–H groups in total. The first kappa shape index (κ1) is 14.4. The Bertz CT molecular complexity index is 664. The van der Waals surface area contributed by atoms with Gasteiger partial charge in [-0.15, -0.1) is 0 Å². The van der Waals surface area contributed by atoms with E-state index in [1.165, 1.54) is 36.4 Å². The van der Waals surface area contributed by atoms with E-state index in [1.54, 1.807) is 0 Å². The number of hydrogen-bond donors (Lipinski definition) is 3. The summed E-state index contributed by atoms with van der Waals surface area (Å²) < 4.78 is 50.9. The van der Waals surface area contributed by atoms with Crippen molar-refractivity contribution in [1.82, 2.24) is 16.0 Å². The summed E-state index contributed by atoms with van der Waals surface area (Å²) in [5.41, 5.74) is 1.29. The van der Waals surface area contributed by atoms with Gasteiger partial charge >= 0.3 is 6.18 Å². The average Bonchev–Trinajstić information content (AvgIpc) is 2.47. The Labute approximate surface area is 122 Å². The number of nitrogens with one attached hydrogen (secondary N) is 3. The van der Waals surface area contributed by atoms with Crippen molar-refractivity contribution >= 4 is 11.6 Å². The van der Waals surface area contributed by atoms with Crippen LogP contribution >= 0.6 is 0 Å². The SMILES string of the molecule is O=C1NC(C(F)(F)F)NC2=CC=C(c3ccc(F)cc3)NC12. The molecule has 1 aromatic rings. The molecule has 2 atom stereocenters. The summed E-state index contributed by atoms with van der Waals surface area (Å²) in [5, 5.41) is 6.96. The van der Waals surface area contributed by atoms with Crippen LogP contribution in [0.2, 0.25) is 0 Å². The molecular weight excluding hydrogens is 302 g/mol. The fourth-order valence-electron chi connectivity index (χ4n) is 2.29. The number of fused-ring (bicyclic) bond motifs is 1. The molecule has 1 fully saturated rings. The van der Waals surface area contributed by atoms with Crippen LogP contribution in [0.3, 0.4) is 0 Å². The average molecular weight is 313 g/mol. The van der Waals surface area contributed by atoms with Gasteiger partial charge in [-0.3, -0.25) is 4.79 Å². The Morgan fingerprint density at radius 1 is 0.955 bits per heavy atom. The van der Waals surface area contributed by atoms with Crippen molar-refractivity contribution in [3.8, 4) is 0 Å². The van der Waals surface area contributed by atoms with Crippen molar-refractivity contribution in [2.75, 3.05) is 0 Å². The number of benzene rings is 1. The Balaban J connectivity index is 1.87. The molecule has 0 aliphatic carbocycles. The summed E-state index contributed by atoms with van der Waals surface area (Å²) in [4.78, 5) is 11.9. The zero-order valence-corrected chi connectivity index (χ0v) is 11.0. The van der Waals surface area contributed by atoms with Gasteiger partial charge in [0.1, 0.15) is 11.9 Å². The molecular formula is C14H11F4N3O. The number of allylic oxidation sites excluding steroid dienone is 2. The van der Waals surface area contributed by atoms with Crippen LogP contribution in [-0.2, 0) is 4.79 Å². The molecule has 0 spiro atoms. The third-order valence-electron chi connectivity index (χ3n) is 3.38. The van der Waals surface area contributed by atoms with Crippen molar-refractivity contribution in [2.45, 2.75) is 18.4 Å². The van der Waals surface area contributed by atoms with Gasteiger partial charge in [0, 0.05) is 11.4 Å². The van der Waals surface area contributed by atoms with E-state index in [0.29, 0.717) is 11.3 Å². The van der Waals surface area contributed by atoms with Gasteiger partial charge in [-0.2, -0.15) is 13.2 Å². The summed E-state index contributed by atoms with van der Waals surface area (Å²) >= 11 is 0. The summed E-state index contributed by atoms with van der Waals surface area (Å²) in [5.74, 6) is -1.18. The van der Waals surface area contributed by atoms with E-state index >= 15 is 0 Å². The predicted molar refractivity (Wildman–Crippen MR) is 70.5 cm³/mol. The number of alkyl halides is 3. The van der Waals surface area contributed by atoms with Gasteiger partial charge in [0.2, 0.25) is 0 Å². The second kappa shape index (κ2) is 5.04. The van der Waals surface area contributed by atoms with Crippen molar-refractivity contribution < 1.29 is 22.4 Å². The van der Waals surface area contributed by atoms with E-state index in [2.05, 4.69) is 10.6 Å². The summed E-state index contributed by atoms with van der Waals surface area (Å²) in [6.07, 6.45) is -3.73. The highest BCUT2D eigenvalue weighted by atomic mass is 19.4. The van der Waals surface area contributed by atoms with Crippen LogP contribution in [0.1, 0.15) is 5.56 Å². The molecule has 0 bridgehead atoms. The van der Waals surface area contributed by atoms with Crippen molar-refractivity contribution in [2.24, 2.45) is 0 Å². The monoisotopic (exact) mass is 313 g/mol. The Morgan fingerprint density at radius 2 is 1.64 bits per heavy atom. The first-order valence-corrected chi connectivity index (χ1v) is 6.42. The lowest BCUT2D eigenvalue weighted by Gasteiger charge is -2.36. The van der Waals surface area contributed by atoms with Gasteiger partial charge in [0.15, 0.2) is 6.17 Å². The van der Waals surface area contributed by atoms with E-state index in [4.69, 9.17) is 0 Å². The van der Waals surface area contributed by atoms with Crippen molar-refractivity contribution in [3.05, 3.63) is 53.5 Å². The third kappa shape index (κ3) is 2.63. The zero-order valence-electron chi connectivity index (χ0n) is 11.0. The van der Waals surface area contributed by atoms with Gasteiger partial charge in [0.05, 0.1) is 0 Å². The number of rotatable bonds is 1. The maximum Gasteiger partial charge on any atom is 0.427 e. The zero-order chi connectivity index (χ0) is 15.9. The van der Waals surface area contributed by atoms with Crippen LogP contribution in [0.15, 0.2) is 42.1 Å². The van der Waals surface area contributed by atoms with Gasteiger partial charge in [-0.25, -0.2) is 4.39 Å². The topological polar surface area (TPSA) is 53.2 Å². The molecule has 0 aromatic heterocycles. The van der Waals surface area contributed by atoms with E-state index < -0.39 is 30.1 Å². The largest absolute Gasteiger partial charge is 0.427 e. The lowest BCUT2D eigenvalue weighted by atomic mass is 10.0. The Morgan fingerprint density at radius 3 is 2.27 bits per heavy atom. The smallest absolute Gasteiger partial charge is 0.368 e. The Hall–Kier alpha value is -2.51. The molecule has 1 saturated heterocycles. The maximum atomic E-state index is 12.9. The first-order chi connectivity index (χ1) is 10.3. The molecule has 2 unspecified atom stereocenters. The minimum atomic E-state index is -4.58. The number of hydrogen-bond acceptors (Lipinski definition) is 3. The molecule has 1 aromatic carbocycles. The third-order valence-corrected chi connectivity index (χ3v) is 3.38. The second-order valence-electron chi connectivity index (χ2n) is 4.91. The summed E-state index contributed by atoms with van der Waals surface area (Å²) in [7, 11) is 0. The van der Waals surface area contributed by atoms with Crippen LogP contribution in [0, 0.1) is 5.82 Å². The maximum absolute atomic E-state index is 12.9. The van der Waals surface area contributed by atoms with Crippen LogP contribution in [-0.4, -0.2) is 24.3 Å². The molecule has 4 nitrogen and oxygen atoms in total. The van der Waals surface area contributed by atoms with E-state index in [9.17, 15) is 22.4 Å². The van der Waals surface area contributed by atoms with Gasteiger partial charge in [0.25, 0.3) is 5.91 Å². The quantitative estimate of drug-likeness (QED) is 0.691. The van der Waals surface area contributed by atoms with E-state index in [1.807, 2.05) is 5.32 Å². The minimum Gasteiger partial charge on any atom is -0.368 e. The lowest BCUT2D eigenvalue weighted by Crippen LogP contribution is -2.65. The molecule has 0 saturated carbocycles. The molecule has 2 heterocycles. The molecule has 2 aliphatic rings. The molecule has 3 rings (SSSR count). The molecule has 116 valence electrons. The van der Waals surface area contributed by atoms with Gasteiger partial charge < -0.3 is 16.0 Å². The molecule has 0 radical (unpaired) electrons. The first-order valence-electron chi connectivity index (χ1n) is 6.42. The van der Waals surface area contributed by atoms with Crippen LogP contribution in [0.4, 0.5) is 17.6 Å². The normalized spacial score (nSPS) is 24.3. The van der Waals surface area contributed by atoms with Gasteiger partial charge in [-0.05, 0) is 29.8 Å². The van der Waals surface area contributed by atoms with E-state index in [0.717, 1.165) is 0 Å². The van der Waals surface area contributed by atoms with Crippen LogP contribution in [0.25, 0.3) is 5.70 Å². The Kier molecular flexibility index (Phi) is 3.31.